The smallest absolute Gasteiger partial charge is 0.156 e. The maximum atomic E-state index is 5.69. The number of aryl methyl sites for hydroxylation is 1. The Hall–Kier alpha value is -1.55. The third-order valence-electron chi connectivity index (χ3n) is 2.35. The van der Waals surface area contributed by atoms with Gasteiger partial charge in [0.05, 0.1) is 5.52 Å². The minimum Gasteiger partial charge on any atom is -0.367 e. The molecule has 1 heterocycles. The van der Waals surface area contributed by atoms with Crippen LogP contribution in [0.25, 0.3) is 10.9 Å². The van der Waals surface area contributed by atoms with E-state index in [-0.39, 0.29) is 6.04 Å². The molecule has 1 unspecified atom stereocenters. The van der Waals surface area contributed by atoms with Crippen LogP contribution >= 0.6 is 0 Å². The van der Waals surface area contributed by atoms with E-state index in [1.54, 1.807) is 0 Å². The molecule has 0 aliphatic carbocycles. The molecule has 2 aromatic rings. The Labute approximate surface area is 89.1 Å². The van der Waals surface area contributed by atoms with Crippen molar-refractivity contribution in [3.05, 3.63) is 24.3 Å². The lowest BCUT2D eigenvalue weighted by molar-refractivity contribution is 0.761. The van der Waals surface area contributed by atoms with Gasteiger partial charge in [0.15, 0.2) is 5.82 Å². The van der Waals surface area contributed by atoms with Crippen LogP contribution in [-0.2, 0) is 7.05 Å². The van der Waals surface area contributed by atoms with E-state index < -0.39 is 0 Å². The zero-order valence-corrected chi connectivity index (χ0v) is 9.07. The van der Waals surface area contributed by atoms with Gasteiger partial charge in [-0.2, -0.15) is 5.10 Å². The average molecular weight is 204 g/mol. The highest BCUT2D eigenvalue weighted by Crippen LogP contribution is 2.21. The molecule has 4 heteroatoms. The zero-order valence-electron chi connectivity index (χ0n) is 9.07. The first-order valence-electron chi connectivity index (χ1n) is 5.09. The number of hydrogen-bond donors (Lipinski definition) is 2. The molecule has 15 heavy (non-hydrogen) atoms. The second-order valence-corrected chi connectivity index (χ2v) is 3.85. The Bertz CT molecular complexity index is 459. The summed E-state index contributed by atoms with van der Waals surface area (Å²) in [5.74, 6) is 0.908. The molecule has 3 N–H and O–H groups in total. The van der Waals surface area contributed by atoms with Crippen molar-refractivity contribution >= 4 is 16.7 Å². The van der Waals surface area contributed by atoms with Gasteiger partial charge in [-0.25, -0.2) is 0 Å². The molecule has 1 aromatic heterocycles. The molecule has 0 saturated carbocycles. The van der Waals surface area contributed by atoms with E-state index in [9.17, 15) is 0 Å². The van der Waals surface area contributed by atoms with Crippen LogP contribution in [-0.4, -0.2) is 22.4 Å². The van der Waals surface area contributed by atoms with Gasteiger partial charge in [0, 0.05) is 25.0 Å². The molecule has 2 rings (SSSR count). The summed E-state index contributed by atoms with van der Waals surface area (Å²) in [6, 6.07) is 8.27. The van der Waals surface area contributed by atoms with E-state index in [4.69, 9.17) is 5.73 Å². The second kappa shape index (κ2) is 3.90. The minimum atomic E-state index is 0.130. The number of benzene rings is 1. The molecule has 0 bridgehead atoms. The number of nitrogens with one attached hydrogen (secondary N) is 1. The maximum absolute atomic E-state index is 5.69. The lowest BCUT2D eigenvalue weighted by Crippen LogP contribution is -2.25. The third-order valence-corrected chi connectivity index (χ3v) is 2.35. The fraction of sp³-hybridized carbons (Fsp3) is 0.364. The van der Waals surface area contributed by atoms with Gasteiger partial charge in [-0.15, -0.1) is 0 Å². The van der Waals surface area contributed by atoms with Crippen molar-refractivity contribution in [1.82, 2.24) is 9.78 Å². The van der Waals surface area contributed by atoms with Crippen LogP contribution < -0.4 is 11.1 Å². The van der Waals surface area contributed by atoms with Gasteiger partial charge < -0.3 is 11.1 Å². The number of fused-ring (bicyclic) bond motifs is 1. The summed E-state index contributed by atoms with van der Waals surface area (Å²) >= 11 is 0. The summed E-state index contributed by atoms with van der Waals surface area (Å²) in [6.45, 7) is 2.71. The highest BCUT2D eigenvalue weighted by Gasteiger charge is 2.06. The first-order valence-corrected chi connectivity index (χ1v) is 5.09. The first kappa shape index (κ1) is 9.98. The topological polar surface area (TPSA) is 55.9 Å². The molecule has 0 spiro atoms. The molecule has 1 atom stereocenters. The molecule has 0 aliphatic heterocycles. The SMILES string of the molecule is CC(N)CNc1nn(C)c2ccccc12. The highest BCUT2D eigenvalue weighted by atomic mass is 15.3. The molecule has 0 fully saturated rings. The number of anilines is 1. The van der Waals surface area contributed by atoms with Crippen molar-refractivity contribution in [3.63, 3.8) is 0 Å². The fourth-order valence-electron chi connectivity index (χ4n) is 1.60. The van der Waals surface area contributed by atoms with E-state index in [0.29, 0.717) is 0 Å². The summed E-state index contributed by atoms with van der Waals surface area (Å²) in [4.78, 5) is 0. The molecular formula is C11H16N4. The predicted octanol–water partition coefficient (Wildman–Crippen LogP) is 1.33. The van der Waals surface area contributed by atoms with Crippen LogP contribution in [0.4, 0.5) is 5.82 Å². The summed E-state index contributed by atoms with van der Waals surface area (Å²) in [7, 11) is 1.94. The largest absolute Gasteiger partial charge is 0.367 e. The van der Waals surface area contributed by atoms with Crippen LogP contribution in [0, 0.1) is 0 Å². The van der Waals surface area contributed by atoms with E-state index in [1.807, 2.05) is 30.8 Å². The van der Waals surface area contributed by atoms with E-state index in [0.717, 1.165) is 23.3 Å². The second-order valence-electron chi connectivity index (χ2n) is 3.85. The van der Waals surface area contributed by atoms with E-state index >= 15 is 0 Å². The minimum absolute atomic E-state index is 0.130. The molecule has 0 radical (unpaired) electrons. The monoisotopic (exact) mass is 204 g/mol. The molecule has 80 valence electrons. The Kier molecular flexibility index (Phi) is 2.60. The summed E-state index contributed by atoms with van der Waals surface area (Å²) < 4.78 is 1.87. The Morgan fingerprint density at radius 2 is 2.20 bits per heavy atom. The standard InChI is InChI=1S/C11H16N4/c1-8(12)7-13-11-9-5-3-4-6-10(9)15(2)14-11/h3-6,8H,7,12H2,1-2H3,(H,13,14). The number of hydrogen-bond acceptors (Lipinski definition) is 3. The molecule has 1 aromatic carbocycles. The number of rotatable bonds is 3. The maximum Gasteiger partial charge on any atom is 0.156 e. The number of nitrogens with zero attached hydrogens (tertiary/aromatic N) is 2. The average Bonchev–Trinajstić information content (AvgIpc) is 2.54. The summed E-state index contributed by atoms with van der Waals surface area (Å²) in [5, 5.41) is 8.80. The van der Waals surface area contributed by atoms with Gasteiger partial charge in [-0.3, -0.25) is 4.68 Å². The third kappa shape index (κ3) is 1.94. The van der Waals surface area contributed by atoms with Crippen molar-refractivity contribution in [1.29, 1.82) is 0 Å². The summed E-state index contributed by atoms with van der Waals surface area (Å²) in [6.07, 6.45) is 0. The van der Waals surface area contributed by atoms with Crippen LogP contribution in [0.1, 0.15) is 6.92 Å². The quantitative estimate of drug-likeness (QED) is 0.793. The van der Waals surface area contributed by atoms with Crippen LogP contribution in [0.2, 0.25) is 0 Å². The fourth-order valence-corrected chi connectivity index (χ4v) is 1.60. The van der Waals surface area contributed by atoms with Gasteiger partial charge in [-0.05, 0) is 19.1 Å². The molecule has 0 saturated heterocycles. The lowest BCUT2D eigenvalue weighted by Gasteiger charge is -2.05. The van der Waals surface area contributed by atoms with Gasteiger partial charge in [0.2, 0.25) is 0 Å². The van der Waals surface area contributed by atoms with Crippen LogP contribution in [0.5, 0.6) is 0 Å². The Morgan fingerprint density at radius 1 is 1.47 bits per heavy atom. The molecule has 0 amide bonds. The number of para-hydroxylation sites is 1. The van der Waals surface area contributed by atoms with E-state index in [1.165, 1.54) is 0 Å². The molecule has 0 aliphatic rings. The molecule has 4 nitrogen and oxygen atoms in total. The van der Waals surface area contributed by atoms with Crippen molar-refractivity contribution < 1.29 is 0 Å². The van der Waals surface area contributed by atoms with E-state index in [2.05, 4.69) is 22.5 Å². The van der Waals surface area contributed by atoms with Crippen LogP contribution in [0.15, 0.2) is 24.3 Å². The Balaban J connectivity index is 2.35. The van der Waals surface area contributed by atoms with Crippen LogP contribution in [0.3, 0.4) is 0 Å². The number of nitrogens with two attached hydrogens (primary N) is 1. The van der Waals surface area contributed by atoms with Crippen molar-refractivity contribution in [3.8, 4) is 0 Å². The van der Waals surface area contributed by atoms with Gasteiger partial charge in [0.1, 0.15) is 0 Å². The van der Waals surface area contributed by atoms with Gasteiger partial charge in [-0.1, -0.05) is 12.1 Å². The number of aromatic nitrogens is 2. The lowest BCUT2D eigenvalue weighted by atomic mass is 10.2. The van der Waals surface area contributed by atoms with Crippen molar-refractivity contribution in [2.75, 3.05) is 11.9 Å². The highest BCUT2D eigenvalue weighted by molar-refractivity contribution is 5.90. The van der Waals surface area contributed by atoms with Crippen molar-refractivity contribution in [2.45, 2.75) is 13.0 Å². The summed E-state index contributed by atoms with van der Waals surface area (Å²) in [5.41, 5.74) is 6.82. The first-order chi connectivity index (χ1) is 7.18. The molecular weight excluding hydrogens is 188 g/mol. The normalized spacial score (nSPS) is 13.0. The zero-order chi connectivity index (χ0) is 10.8. The van der Waals surface area contributed by atoms with Gasteiger partial charge >= 0.3 is 0 Å². The van der Waals surface area contributed by atoms with Gasteiger partial charge in [0.25, 0.3) is 0 Å². The van der Waals surface area contributed by atoms with Crippen molar-refractivity contribution in [2.24, 2.45) is 12.8 Å². The Morgan fingerprint density at radius 3 is 2.93 bits per heavy atom. The predicted molar refractivity (Wildman–Crippen MR) is 62.9 cm³/mol.